The number of halogens is 2. The van der Waals surface area contributed by atoms with E-state index in [-0.39, 0.29) is 24.0 Å². The van der Waals surface area contributed by atoms with Crippen molar-refractivity contribution >= 4 is 41.5 Å². The summed E-state index contributed by atoms with van der Waals surface area (Å²) in [6.45, 7) is 2.13. The van der Waals surface area contributed by atoms with Crippen molar-refractivity contribution in [3.63, 3.8) is 0 Å². The molecular formula is C20H23ClIN5. The summed E-state index contributed by atoms with van der Waals surface area (Å²) >= 11 is 6.02. The highest BCUT2D eigenvalue weighted by molar-refractivity contribution is 14.0. The van der Waals surface area contributed by atoms with E-state index in [4.69, 9.17) is 11.6 Å². The lowest BCUT2D eigenvalue weighted by Crippen LogP contribution is -2.36. The summed E-state index contributed by atoms with van der Waals surface area (Å²) < 4.78 is 1.91. The SMILES string of the molecule is CN=C(NCc1cccc(Cl)c1)NCc1cccc(Cn2cccn2)c1.I. The fourth-order valence-electron chi connectivity index (χ4n) is 2.66. The molecule has 7 heteroatoms. The standard InChI is InChI=1S/C20H22ClN5.HI/c1-22-20(24-14-17-6-3-8-19(21)12-17)23-13-16-5-2-7-18(11-16)15-26-10-4-9-25-26;/h2-12H,13-15H2,1H3,(H2,22,23,24);1H. The van der Waals surface area contributed by atoms with Crippen molar-refractivity contribution < 1.29 is 0 Å². The highest BCUT2D eigenvalue weighted by Gasteiger charge is 2.02. The fourth-order valence-corrected chi connectivity index (χ4v) is 2.87. The molecule has 5 nitrogen and oxygen atoms in total. The van der Waals surface area contributed by atoms with Gasteiger partial charge < -0.3 is 10.6 Å². The third kappa shape index (κ3) is 6.88. The molecule has 0 bridgehead atoms. The smallest absolute Gasteiger partial charge is 0.191 e. The van der Waals surface area contributed by atoms with E-state index in [1.807, 2.05) is 41.2 Å². The Labute approximate surface area is 181 Å². The van der Waals surface area contributed by atoms with Crippen molar-refractivity contribution in [3.05, 3.63) is 88.7 Å². The van der Waals surface area contributed by atoms with Crippen molar-refractivity contribution in [2.45, 2.75) is 19.6 Å². The average Bonchev–Trinajstić information content (AvgIpc) is 3.15. The van der Waals surface area contributed by atoms with Gasteiger partial charge in [-0.15, -0.1) is 24.0 Å². The van der Waals surface area contributed by atoms with Crippen LogP contribution in [-0.4, -0.2) is 22.8 Å². The van der Waals surface area contributed by atoms with Gasteiger partial charge in [0, 0.05) is 37.6 Å². The first-order chi connectivity index (χ1) is 12.7. The normalized spacial score (nSPS) is 11.0. The molecule has 0 fully saturated rings. The number of rotatable bonds is 6. The molecule has 3 aromatic rings. The van der Waals surface area contributed by atoms with E-state index in [9.17, 15) is 0 Å². The Morgan fingerprint density at radius 1 is 1.00 bits per heavy atom. The molecule has 0 saturated heterocycles. The van der Waals surface area contributed by atoms with E-state index in [0.717, 1.165) is 23.1 Å². The molecule has 142 valence electrons. The van der Waals surface area contributed by atoms with Gasteiger partial charge in [-0.1, -0.05) is 48.0 Å². The minimum absolute atomic E-state index is 0. The molecule has 0 aliphatic rings. The maximum Gasteiger partial charge on any atom is 0.191 e. The average molecular weight is 496 g/mol. The van der Waals surface area contributed by atoms with Crippen LogP contribution in [0.4, 0.5) is 0 Å². The minimum Gasteiger partial charge on any atom is -0.352 e. The van der Waals surface area contributed by atoms with Crippen LogP contribution in [0.15, 0.2) is 72.0 Å². The summed E-state index contributed by atoms with van der Waals surface area (Å²) in [7, 11) is 1.77. The zero-order valence-electron chi connectivity index (χ0n) is 15.1. The lowest BCUT2D eigenvalue weighted by molar-refractivity contribution is 0.685. The van der Waals surface area contributed by atoms with Gasteiger partial charge in [-0.25, -0.2) is 0 Å². The summed E-state index contributed by atoms with van der Waals surface area (Å²) in [5.41, 5.74) is 3.52. The van der Waals surface area contributed by atoms with Crippen LogP contribution in [-0.2, 0) is 19.6 Å². The van der Waals surface area contributed by atoms with Crippen LogP contribution in [0.3, 0.4) is 0 Å². The Kier molecular flexibility index (Phi) is 8.60. The number of aliphatic imine (C=N–C) groups is 1. The third-order valence-corrected chi connectivity index (χ3v) is 4.16. The summed E-state index contributed by atoms with van der Waals surface area (Å²) in [6.07, 6.45) is 3.76. The van der Waals surface area contributed by atoms with Gasteiger partial charge in [0.2, 0.25) is 0 Å². The Morgan fingerprint density at radius 2 is 1.67 bits per heavy atom. The van der Waals surface area contributed by atoms with Crippen LogP contribution >= 0.6 is 35.6 Å². The number of hydrogen-bond donors (Lipinski definition) is 2. The van der Waals surface area contributed by atoms with Crippen LogP contribution < -0.4 is 10.6 Å². The van der Waals surface area contributed by atoms with Crippen LogP contribution in [0.1, 0.15) is 16.7 Å². The lowest BCUT2D eigenvalue weighted by atomic mass is 10.1. The van der Waals surface area contributed by atoms with E-state index in [2.05, 4.69) is 45.0 Å². The maximum absolute atomic E-state index is 6.02. The molecule has 0 aliphatic heterocycles. The number of nitrogens with one attached hydrogen (secondary N) is 2. The van der Waals surface area contributed by atoms with E-state index in [1.54, 1.807) is 13.2 Å². The molecular weight excluding hydrogens is 473 g/mol. The predicted molar refractivity (Wildman–Crippen MR) is 122 cm³/mol. The molecule has 3 rings (SSSR count). The van der Waals surface area contributed by atoms with Crippen molar-refractivity contribution in [3.8, 4) is 0 Å². The van der Waals surface area contributed by atoms with Gasteiger partial charge in [-0.05, 0) is 34.9 Å². The van der Waals surface area contributed by atoms with E-state index in [1.165, 1.54) is 11.1 Å². The van der Waals surface area contributed by atoms with Gasteiger partial charge in [0.1, 0.15) is 0 Å². The van der Waals surface area contributed by atoms with Crippen LogP contribution in [0, 0.1) is 0 Å². The molecule has 27 heavy (non-hydrogen) atoms. The Bertz CT molecular complexity index is 864. The van der Waals surface area contributed by atoms with Gasteiger partial charge in [0.25, 0.3) is 0 Å². The minimum atomic E-state index is 0. The quantitative estimate of drug-likeness (QED) is 0.308. The van der Waals surface area contributed by atoms with E-state index >= 15 is 0 Å². The van der Waals surface area contributed by atoms with Crippen molar-refractivity contribution in [1.29, 1.82) is 0 Å². The van der Waals surface area contributed by atoms with Gasteiger partial charge in [0.15, 0.2) is 5.96 Å². The Morgan fingerprint density at radius 3 is 2.30 bits per heavy atom. The zero-order chi connectivity index (χ0) is 18.2. The molecule has 0 unspecified atom stereocenters. The Hall–Kier alpha value is -2.06. The fraction of sp³-hybridized carbons (Fsp3) is 0.200. The van der Waals surface area contributed by atoms with Crippen LogP contribution in [0.2, 0.25) is 5.02 Å². The summed E-state index contributed by atoms with van der Waals surface area (Å²) in [5.74, 6) is 0.752. The summed E-state index contributed by atoms with van der Waals surface area (Å²) in [5, 5.41) is 11.6. The third-order valence-electron chi connectivity index (χ3n) is 3.93. The molecule has 0 amide bonds. The predicted octanol–water partition coefficient (Wildman–Crippen LogP) is 4.07. The van der Waals surface area contributed by atoms with Crippen LogP contribution in [0.25, 0.3) is 0 Å². The van der Waals surface area contributed by atoms with E-state index < -0.39 is 0 Å². The van der Waals surface area contributed by atoms with Gasteiger partial charge in [-0.2, -0.15) is 5.10 Å². The maximum atomic E-state index is 6.02. The zero-order valence-corrected chi connectivity index (χ0v) is 18.2. The largest absolute Gasteiger partial charge is 0.352 e. The Balaban J connectivity index is 0.00000261. The molecule has 1 heterocycles. The van der Waals surface area contributed by atoms with Crippen molar-refractivity contribution in [1.82, 2.24) is 20.4 Å². The van der Waals surface area contributed by atoms with Gasteiger partial charge >= 0.3 is 0 Å². The van der Waals surface area contributed by atoms with E-state index in [0.29, 0.717) is 13.1 Å². The molecule has 2 N–H and O–H groups in total. The second-order valence-electron chi connectivity index (χ2n) is 5.93. The first-order valence-corrected chi connectivity index (χ1v) is 8.85. The first-order valence-electron chi connectivity index (χ1n) is 8.47. The number of aromatic nitrogens is 2. The number of hydrogen-bond acceptors (Lipinski definition) is 2. The first kappa shape index (κ1) is 21.2. The number of nitrogens with zero attached hydrogens (tertiary/aromatic N) is 3. The molecule has 0 saturated carbocycles. The monoisotopic (exact) mass is 495 g/mol. The molecule has 0 spiro atoms. The van der Waals surface area contributed by atoms with Gasteiger partial charge in [0.05, 0.1) is 6.54 Å². The lowest BCUT2D eigenvalue weighted by Gasteiger charge is -2.13. The second-order valence-corrected chi connectivity index (χ2v) is 6.37. The second kappa shape index (κ2) is 10.9. The molecule has 0 atom stereocenters. The molecule has 0 aliphatic carbocycles. The summed E-state index contributed by atoms with van der Waals surface area (Å²) in [6, 6.07) is 18.2. The molecule has 0 radical (unpaired) electrons. The van der Waals surface area contributed by atoms with Crippen molar-refractivity contribution in [2.75, 3.05) is 7.05 Å². The molecule has 1 aromatic heterocycles. The highest BCUT2D eigenvalue weighted by atomic mass is 127. The topological polar surface area (TPSA) is 54.2 Å². The highest BCUT2D eigenvalue weighted by Crippen LogP contribution is 2.10. The summed E-state index contributed by atoms with van der Waals surface area (Å²) in [4.78, 5) is 4.27. The van der Waals surface area contributed by atoms with Gasteiger partial charge in [-0.3, -0.25) is 9.67 Å². The number of guanidine groups is 1. The van der Waals surface area contributed by atoms with Crippen LogP contribution in [0.5, 0.6) is 0 Å². The molecule has 2 aromatic carbocycles. The van der Waals surface area contributed by atoms with Crippen molar-refractivity contribution in [2.24, 2.45) is 4.99 Å². The number of benzene rings is 2.